The summed E-state index contributed by atoms with van der Waals surface area (Å²) in [5.41, 5.74) is -0.193. The third kappa shape index (κ3) is 5.38. The molecule has 0 aliphatic heterocycles. The Hall–Kier alpha value is -0.370. The van der Waals surface area contributed by atoms with Crippen molar-refractivity contribution in [2.75, 3.05) is 20.1 Å². The number of ketones is 1. The van der Waals surface area contributed by atoms with Crippen LogP contribution in [0.4, 0.5) is 0 Å². The van der Waals surface area contributed by atoms with Crippen LogP contribution < -0.4 is 0 Å². The number of hydrogen-bond donors (Lipinski definition) is 0. The van der Waals surface area contributed by atoms with Crippen molar-refractivity contribution in [2.45, 2.75) is 47.0 Å². The number of carbonyl (C=O) groups is 1. The zero-order valence-electron chi connectivity index (χ0n) is 10.4. The Kier molecular flexibility index (Phi) is 6.01. The molecule has 14 heavy (non-hydrogen) atoms. The highest BCUT2D eigenvalue weighted by molar-refractivity contribution is 5.81. The Morgan fingerprint density at radius 2 is 1.86 bits per heavy atom. The Labute approximate surface area is 88.7 Å². The zero-order chi connectivity index (χ0) is 11.2. The van der Waals surface area contributed by atoms with Crippen molar-refractivity contribution in [3.8, 4) is 0 Å². The van der Waals surface area contributed by atoms with Crippen LogP contribution in [0, 0.1) is 5.41 Å². The van der Waals surface area contributed by atoms with E-state index >= 15 is 0 Å². The van der Waals surface area contributed by atoms with Crippen LogP contribution in [0.1, 0.15) is 47.0 Å². The molecule has 0 atom stereocenters. The van der Waals surface area contributed by atoms with Crippen LogP contribution in [0.2, 0.25) is 0 Å². The molecule has 0 saturated heterocycles. The van der Waals surface area contributed by atoms with E-state index in [2.05, 4.69) is 18.9 Å². The van der Waals surface area contributed by atoms with Crippen molar-refractivity contribution in [3.05, 3.63) is 0 Å². The van der Waals surface area contributed by atoms with E-state index in [1.54, 1.807) is 6.92 Å². The maximum atomic E-state index is 11.3. The van der Waals surface area contributed by atoms with Crippen molar-refractivity contribution in [2.24, 2.45) is 5.41 Å². The summed E-state index contributed by atoms with van der Waals surface area (Å²) >= 11 is 0. The fourth-order valence-corrected chi connectivity index (χ4v) is 1.50. The Morgan fingerprint density at radius 3 is 2.29 bits per heavy atom. The molecule has 0 heterocycles. The molecule has 2 nitrogen and oxygen atoms in total. The predicted molar refractivity (Wildman–Crippen MR) is 61.5 cm³/mol. The molecular formula is C12H25NO. The maximum Gasteiger partial charge on any atom is 0.136 e. The molecule has 0 aromatic carbocycles. The molecule has 0 bridgehead atoms. The first kappa shape index (κ1) is 13.6. The Bertz CT molecular complexity index is 175. The van der Waals surface area contributed by atoms with Gasteiger partial charge in [-0.1, -0.05) is 33.6 Å². The van der Waals surface area contributed by atoms with Gasteiger partial charge < -0.3 is 4.90 Å². The standard InChI is InChI=1S/C12H25NO/c1-6-7-8-9-13(5)10-12(3,4)11(2)14/h6-10H2,1-5H3. The van der Waals surface area contributed by atoms with Crippen LogP contribution in [0.5, 0.6) is 0 Å². The molecule has 84 valence electrons. The van der Waals surface area contributed by atoms with Crippen LogP contribution in [-0.2, 0) is 4.79 Å². The smallest absolute Gasteiger partial charge is 0.136 e. The maximum absolute atomic E-state index is 11.3. The summed E-state index contributed by atoms with van der Waals surface area (Å²) in [6, 6.07) is 0. The van der Waals surface area contributed by atoms with Gasteiger partial charge in [-0.05, 0) is 26.9 Å². The number of nitrogens with zero attached hydrogens (tertiary/aromatic N) is 1. The first-order valence-electron chi connectivity index (χ1n) is 5.59. The van der Waals surface area contributed by atoms with E-state index in [-0.39, 0.29) is 11.2 Å². The first-order valence-corrected chi connectivity index (χ1v) is 5.59. The molecule has 0 aromatic rings. The minimum absolute atomic E-state index is 0.193. The average Bonchev–Trinajstić information content (AvgIpc) is 2.03. The van der Waals surface area contributed by atoms with Gasteiger partial charge in [0.15, 0.2) is 0 Å². The van der Waals surface area contributed by atoms with Gasteiger partial charge in [0.05, 0.1) is 0 Å². The number of carbonyl (C=O) groups excluding carboxylic acids is 1. The van der Waals surface area contributed by atoms with Crippen molar-refractivity contribution >= 4 is 5.78 Å². The molecule has 0 radical (unpaired) electrons. The second-order valence-electron chi connectivity index (χ2n) is 4.88. The minimum Gasteiger partial charge on any atom is -0.305 e. The van der Waals surface area contributed by atoms with Gasteiger partial charge in [0.1, 0.15) is 5.78 Å². The van der Waals surface area contributed by atoms with E-state index in [9.17, 15) is 4.79 Å². The molecule has 0 amide bonds. The summed E-state index contributed by atoms with van der Waals surface area (Å²) in [6.45, 7) is 9.90. The molecule has 0 aliphatic rings. The predicted octanol–water partition coefficient (Wildman–Crippen LogP) is 2.72. The fourth-order valence-electron chi connectivity index (χ4n) is 1.50. The van der Waals surface area contributed by atoms with Gasteiger partial charge in [0, 0.05) is 12.0 Å². The van der Waals surface area contributed by atoms with Gasteiger partial charge in [-0.15, -0.1) is 0 Å². The minimum atomic E-state index is -0.193. The largest absolute Gasteiger partial charge is 0.305 e. The molecule has 0 spiro atoms. The summed E-state index contributed by atoms with van der Waals surface area (Å²) in [5.74, 6) is 0.278. The molecule has 0 aliphatic carbocycles. The van der Waals surface area contributed by atoms with Crippen molar-refractivity contribution in [1.29, 1.82) is 0 Å². The van der Waals surface area contributed by atoms with Crippen LogP contribution >= 0.6 is 0 Å². The normalized spacial score (nSPS) is 12.1. The molecule has 0 aromatic heterocycles. The van der Waals surface area contributed by atoms with Gasteiger partial charge in [0.25, 0.3) is 0 Å². The third-order valence-corrected chi connectivity index (χ3v) is 2.76. The lowest BCUT2D eigenvalue weighted by atomic mass is 9.88. The topological polar surface area (TPSA) is 20.3 Å². The van der Waals surface area contributed by atoms with Crippen molar-refractivity contribution < 1.29 is 4.79 Å². The second kappa shape index (κ2) is 6.18. The number of hydrogen-bond acceptors (Lipinski definition) is 2. The summed E-state index contributed by atoms with van der Waals surface area (Å²) in [7, 11) is 2.10. The monoisotopic (exact) mass is 199 g/mol. The van der Waals surface area contributed by atoms with Gasteiger partial charge in [-0.25, -0.2) is 0 Å². The summed E-state index contributed by atoms with van der Waals surface area (Å²) in [4.78, 5) is 13.6. The Balaban J connectivity index is 3.81. The Morgan fingerprint density at radius 1 is 1.29 bits per heavy atom. The van der Waals surface area contributed by atoms with Gasteiger partial charge in [-0.3, -0.25) is 4.79 Å². The molecule has 0 N–H and O–H groups in total. The number of rotatable bonds is 7. The van der Waals surface area contributed by atoms with Gasteiger partial charge >= 0.3 is 0 Å². The molecule has 0 unspecified atom stereocenters. The summed E-state index contributed by atoms with van der Waals surface area (Å²) in [5, 5.41) is 0. The second-order valence-corrected chi connectivity index (χ2v) is 4.88. The number of Topliss-reactive ketones (excluding diaryl/α,β-unsaturated/α-hetero) is 1. The van der Waals surface area contributed by atoms with Crippen molar-refractivity contribution in [1.82, 2.24) is 4.90 Å². The lowest BCUT2D eigenvalue weighted by molar-refractivity contribution is -0.125. The highest BCUT2D eigenvalue weighted by Gasteiger charge is 2.24. The molecule has 0 rings (SSSR count). The third-order valence-electron chi connectivity index (χ3n) is 2.76. The quantitative estimate of drug-likeness (QED) is 0.588. The van der Waals surface area contributed by atoms with E-state index < -0.39 is 0 Å². The highest BCUT2D eigenvalue weighted by Crippen LogP contribution is 2.17. The van der Waals surface area contributed by atoms with Crippen LogP contribution in [0.25, 0.3) is 0 Å². The number of unbranched alkanes of at least 4 members (excludes halogenated alkanes) is 2. The molecular weight excluding hydrogens is 174 g/mol. The molecule has 0 fully saturated rings. The van der Waals surface area contributed by atoms with E-state index in [0.717, 1.165) is 13.1 Å². The lowest BCUT2D eigenvalue weighted by Crippen LogP contribution is -2.36. The zero-order valence-corrected chi connectivity index (χ0v) is 10.4. The average molecular weight is 199 g/mol. The van der Waals surface area contributed by atoms with Crippen molar-refractivity contribution in [3.63, 3.8) is 0 Å². The van der Waals surface area contributed by atoms with E-state index in [0.29, 0.717) is 0 Å². The fraction of sp³-hybridized carbons (Fsp3) is 0.917. The van der Waals surface area contributed by atoms with E-state index in [4.69, 9.17) is 0 Å². The van der Waals surface area contributed by atoms with E-state index in [1.807, 2.05) is 13.8 Å². The summed E-state index contributed by atoms with van der Waals surface area (Å²) < 4.78 is 0. The first-order chi connectivity index (χ1) is 6.40. The van der Waals surface area contributed by atoms with Gasteiger partial charge in [0.2, 0.25) is 0 Å². The van der Waals surface area contributed by atoms with E-state index in [1.165, 1.54) is 19.3 Å². The SMILES string of the molecule is CCCCCN(C)CC(C)(C)C(C)=O. The van der Waals surface area contributed by atoms with Gasteiger partial charge in [-0.2, -0.15) is 0 Å². The highest BCUT2D eigenvalue weighted by atomic mass is 16.1. The summed E-state index contributed by atoms with van der Waals surface area (Å²) in [6.07, 6.45) is 3.77. The van der Waals surface area contributed by atoms with Crippen LogP contribution in [0.3, 0.4) is 0 Å². The van der Waals surface area contributed by atoms with Crippen LogP contribution in [-0.4, -0.2) is 30.8 Å². The molecule has 2 heteroatoms. The van der Waals surface area contributed by atoms with Crippen LogP contribution in [0.15, 0.2) is 0 Å². The molecule has 0 saturated carbocycles. The lowest BCUT2D eigenvalue weighted by Gasteiger charge is -2.27.